The molecule has 0 spiro atoms. The van der Waals surface area contributed by atoms with Gasteiger partial charge in [0.2, 0.25) is 0 Å². The van der Waals surface area contributed by atoms with Crippen LogP contribution >= 0.6 is 11.6 Å². The van der Waals surface area contributed by atoms with Gasteiger partial charge in [0.25, 0.3) is 0 Å². The highest BCUT2D eigenvalue weighted by Crippen LogP contribution is 2.36. The fourth-order valence-corrected chi connectivity index (χ4v) is 3.58. The summed E-state index contributed by atoms with van der Waals surface area (Å²) in [7, 11) is 0. The highest BCUT2D eigenvalue weighted by molar-refractivity contribution is 6.31. The number of esters is 1. The van der Waals surface area contributed by atoms with Gasteiger partial charge in [-0.15, -0.1) is 0 Å². The fourth-order valence-electron chi connectivity index (χ4n) is 3.36. The van der Waals surface area contributed by atoms with Gasteiger partial charge < -0.3 is 30.2 Å². The number of aromatic amines is 1. The number of nitrogens with one attached hydrogen (secondary N) is 3. The van der Waals surface area contributed by atoms with Crippen LogP contribution in [0.4, 0.5) is 29.3 Å². The van der Waals surface area contributed by atoms with Crippen molar-refractivity contribution < 1.29 is 37.3 Å². The number of halogens is 4. The van der Waals surface area contributed by atoms with Crippen LogP contribution in [-0.4, -0.2) is 40.3 Å². The third-order valence-electron chi connectivity index (χ3n) is 5.13. The number of ether oxygens (including phenoxy) is 2. The van der Waals surface area contributed by atoms with Crippen LogP contribution < -0.4 is 15.4 Å². The first-order chi connectivity index (χ1) is 18.6. The van der Waals surface area contributed by atoms with E-state index in [1.807, 2.05) is 0 Å². The minimum absolute atomic E-state index is 0.0751. The average molecular weight is 561 g/mol. The zero-order valence-electron chi connectivity index (χ0n) is 19.9. The molecule has 0 saturated heterocycles. The minimum Gasteiger partial charge on any atom is -0.460 e. The number of H-pyrrole nitrogens is 1. The molecule has 0 aliphatic rings. The van der Waals surface area contributed by atoms with E-state index >= 15 is 0 Å². The summed E-state index contributed by atoms with van der Waals surface area (Å²) in [6.07, 6.45) is -1.67. The first-order valence-electron chi connectivity index (χ1n) is 11.3. The quantitative estimate of drug-likeness (QED) is 0.186. The SMILES string of the molecule is O=C(Nc1ccc(Oc2ccnc(-c3cc(C(=O)OCCO)c[nH]3)c2)cc1)Nc1ccc(Cl)c(C(F)(F)F)c1. The molecule has 0 radical (unpaired) electrons. The van der Waals surface area contributed by atoms with Gasteiger partial charge in [-0.05, 0) is 54.6 Å². The van der Waals surface area contributed by atoms with Crippen LogP contribution in [0.1, 0.15) is 15.9 Å². The zero-order valence-corrected chi connectivity index (χ0v) is 20.6. The number of aliphatic hydroxyl groups excluding tert-OH is 1. The van der Waals surface area contributed by atoms with Crippen LogP contribution in [0.5, 0.6) is 11.5 Å². The van der Waals surface area contributed by atoms with Crippen molar-refractivity contribution in [1.82, 2.24) is 9.97 Å². The van der Waals surface area contributed by atoms with E-state index in [1.54, 1.807) is 42.5 Å². The van der Waals surface area contributed by atoms with Crippen molar-refractivity contribution >= 4 is 35.0 Å². The number of aromatic nitrogens is 2. The number of pyridine rings is 1. The Labute approximate surface area is 224 Å². The van der Waals surface area contributed by atoms with E-state index in [4.69, 9.17) is 26.2 Å². The molecule has 4 rings (SSSR count). The van der Waals surface area contributed by atoms with Crippen molar-refractivity contribution in [2.75, 3.05) is 23.8 Å². The van der Waals surface area contributed by atoms with Gasteiger partial charge in [-0.1, -0.05) is 11.6 Å². The van der Waals surface area contributed by atoms with Crippen molar-refractivity contribution in [3.8, 4) is 22.9 Å². The summed E-state index contributed by atoms with van der Waals surface area (Å²) >= 11 is 5.60. The number of alkyl halides is 3. The number of hydrogen-bond donors (Lipinski definition) is 4. The predicted molar refractivity (Wildman–Crippen MR) is 137 cm³/mol. The van der Waals surface area contributed by atoms with Gasteiger partial charge in [-0.3, -0.25) is 4.98 Å². The van der Waals surface area contributed by atoms with Gasteiger partial charge in [0.1, 0.15) is 18.1 Å². The highest BCUT2D eigenvalue weighted by Gasteiger charge is 2.33. The van der Waals surface area contributed by atoms with E-state index in [1.165, 1.54) is 18.5 Å². The van der Waals surface area contributed by atoms with Gasteiger partial charge in [0.15, 0.2) is 0 Å². The van der Waals surface area contributed by atoms with Crippen molar-refractivity contribution in [2.24, 2.45) is 0 Å². The Morgan fingerprint density at radius 2 is 1.69 bits per heavy atom. The number of hydrogen-bond acceptors (Lipinski definition) is 6. The topological polar surface area (TPSA) is 126 Å². The number of urea groups is 1. The normalized spacial score (nSPS) is 11.1. The number of anilines is 2. The maximum atomic E-state index is 13.0. The number of carbonyl (C=O) groups excluding carboxylic acids is 2. The van der Waals surface area contributed by atoms with Crippen molar-refractivity contribution in [2.45, 2.75) is 6.18 Å². The molecule has 0 saturated carbocycles. The number of amides is 2. The summed E-state index contributed by atoms with van der Waals surface area (Å²) in [5.41, 5.74) is 0.557. The van der Waals surface area contributed by atoms with E-state index in [9.17, 15) is 22.8 Å². The molecule has 2 amide bonds. The molecule has 2 heterocycles. The Morgan fingerprint density at radius 3 is 2.41 bits per heavy atom. The lowest BCUT2D eigenvalue weighted by atomic mass is 10.2. The number of carbonyl (C=O) groups is 2. The maximum absolute atomic E-state index is 13.0. The highest BCUT2D eigenvalue weighted by atomic mass is 35.5. The number of rotatable bonds is 8. The van der Waals surface area contributed by atoms with E-state index in [0.717, 1.165) is 12.1 Å². The number of benzene rings is 2. The smallest absolute Gasteiger partial charge is 0.417 e. The van der Waals surface area contributed by atoms with Crippen LogP contribution in [0.15, 0.2) is 73.1 Å². The largest absolute Gasteiger partial charge is 0.460 e. The molecule has 0 aliphatic carbocycles. The summed E-state index contributed by atoms with van der Waals surface area (Å²) in [4.78, 5) is 31.4. The van der Waals surface area contributed by atoms with Crippen LogP contribution in [0.25, 0.3) is 11.4 Å². The molecule has 39 heavy (non-hydrogen) atoms. The first kappa shape index (κ1) is 27.5. The standard InChI is InChI=1S/C26H20ClF3N4O5/c27-21-6-3-17(12-20(21)26(28,29)30)34-25(37)33-16-1-4-18(5-2-16)39-19-7-8-31-23(13-19)22-11-15(14-32-22)24(36)38-10-9-35/h1-8,11-14,32,35H,9-10H2,(H2,33,34,37). The second-order valence-electron chi connectivity index (χ2n) is 7.94. The molecule has 2 aromatic heterocycles. The monoisotopic (exact) mass is 560 g/mol. The van der Waals surface area contributed by atoms with Crippen molar-refractivity contribution in [3.63, 3.8) is 0 Å². The van der Waals surface area contributed by atoms with E-state index in [0.29, 0.717) is 28.6 Å². The zero-order chi connectivity index (χ0) is 28.0. The van der Waals surface area contributed by atoms with E-state index in [-0.39, 0.29) is 24.5 Å². The molecule has 9 nitrogen and oxygen atoms in total. The Kier molecular flexibility index (Phi) is 8.37. The molecule has 0 bridgehead atoms. The molecule has 2 aromatic carbocycles. The maximum Gasteiger partial charge on any atom is 0.417 e. The molecule has 0 atom stereocenters. The Bertz CT molecular complexity index is 1480. The Hall–Kier alpha value is -4.55. The Morgan fingerprint density at radius 1 is 0.974 bits per heavy atom. The molecule has 202 valence electrons. The molecule has 0 aliphatic heterocycles. The molecule has 4 N–H and O–H groups in total. The summed E-state index contributed by atoms with van der Waals surface area (Å²) in [5, 5.41) is 13.2. The second kappa shape index (κ2) is 11.9. The van der Waals surface area contributed by atoms with Crippen LogP contribution in [-0.2, 0) is 10.9 Å². The lowest BCUT2D eigenvalue weighted by Gasteiger charge is -2.12. The fraction of sp³-hybridized carbons (Fsp3) is 0.115. The predicted octanol–water partition coefficient (Wildman–Crippen LogP) is 6.33. The first-order valence-corrected chi connectivity index (χ1v) is 11.7. The summed E-state index contributed by atoms with van der Waals surface area (Å²) in [5.74, 6) is 0.298. The lowest BCUT2D eigenvalue weighted by molar-refractivity contribution is -0.137. The van der Waals surface area contributed by atoms with Crippen molar-refractivity contribution in [1.29, 1.82) is 0 Å². The van der Waals surface area contributed by atoms with Crippen molar-refractivity contribution in [3.05, 3.63) is 89.2 Å². The minimum atomic E-state index is -4.66. The molecule has 4 aromatic rings. The third kappa shape index (κ3) is 7.27. The third-order valence-corrected chi connectivity index (χ3v) is 5.46. The van der Waals surface area contributed by atoms with Crippen LogP contribution in [0, 0.1) is 0 Å². The van der Waals surface area contributed by atoms with Crippen LogP contribution in [0.2, 0.25) is 5.02 Å². The molecule has 0 unspecified atom stereocenters. The lowest BCUT2D eigenvalue weighted by Crippen LogP contribution is -2.19. The van der Waals surface area contributed by atoms with E-state index < -0.39 is 28.8 Å². The molecule has 13 heteroatoms. The summed E-state index contributed by atoms with van der Waals surface area (Å²) in [6, 6.07) is 13.4. The van der Waals surface area contributed by atoms with Gasteiger partial charge in [-0.25, -0.2) is 9.59 Å². The molecule has 0 fully saturated rings. The van der Waals surface area contributed by atoms with E-state index in [2.05, 4.69) is 20.6 Å². The van der Waals surface area contributed by atoms with Crippen LogP contribution in [0.3, 0.4) is 0 Å². The van der Waals surface area contributed by atoms with Gasteiger partial charge in [0, 0.05) is 29.8 Å². The number of aliphatic hydroxyl groups is 1. The van der Waals surface area contributed by atoms with Gasteiger partial charge in [0.05, 0.1) is 34.1 Å². The summed E-state index contributed by atoms with van der Waals surface area (Å²) < 4.78 is 49.8. The van der Waals surface area contributed by atoms with Gasteiger partial charge >= 0.3 is 18.2 Å². The summed E-state index contributed by atoms with van der Waals surface area (Å²) in [6.45, 7) is -0.380. The average Bonchev–Trinajstić information content (AvgIpc) is 3.40. The number of nitrogens with zero attached hydrogens (tertiary/aromatic N) is 1. The van der Waals surface area contributed by atoms with Gasteiger partial charge in [-0.2, -0.15) is 13.2 Å². The Balaban J connectivity index is 1.37. The molecular formula is C26H20ClF3N4O5. The second-order valence-corrected chi connectivity index (χ2v) is 8.34. The molecular weight excluding hydrogens is 541 g/mol.